The van der Waals surface area contributed by atoms with E-state index < -0.39 is 0 Å². The maximum absolute atomic E-state index is 12.5. The highest BCUT2D eigenvalue weighted by Gasteiger charge is 2.32. The highest BCUT2D eigenvalue weighted by Crippen LogP contribution is 2.13. The van der Waals surface area contributed by atoms with E-state index in [2.05, 4.69) is 48.3 Å². The van der Waals surface area contributed by atoms with Crippen LogP contribution in [0.25, 0.3) is 0 Å². The summed E-state index contributed by atoms with van der Waals surface area (Å²) in [5.41, 5.74) is 1.31. The molecule has 1 heterocycles. The van der Waals surface area contributed by atoms with Crippen molar-refractivity contribution in [3.8, 4) is 0 Å². The Kier molecular flexibility index (Phi) is 7.44. The molecule has 1 saturated heterocycles. The van der Waals surface area contributed by atoms with Gasteiger partial charge in [-0.3, -0.25) is 14.5 Å². The molecule has 0 saturated carbocycles. The molecule has 1 aromatic carbocycles. The van der Waals surface area contributed by atoms with Crippen molar-refractivity contribution in [2.45, 2.75) is 39.2 Å². The van der Waals surface area contributed by atoms with E-state index in [-0.39, 0.29) is 24.3 Å². The van der Waals surface area contributed by atoms with Crippen molar-refractivity contribution in [1.82, 2.24) is 15.1 Å². The van der Waals surface area contributed by atoms with Gasteiger partial charge >= 0.3 is 0 Å². The molecular formula is C20H31N3O2. The van der Waals surface area contributed by atoms with Crippen LogP contribution in [0.4, 0.5) is 0 Å². The first kappa shape index (κ1) is 19.4. The number of hydrogen-bond acceptors (Lipinski definition) is 3. The second kappa shape index (κ2) is 9.56. The van der Waals surface area contributed by atoms with Gasteiger partial charge in [-0.05, 0) is 30.9 Å². The van der Waals surface area contributed by atoms with Crippen molar-refractivity contribution in [3.63, 3.8) is 0 Å². The minimum absolute atomic E-state index is 0.0164. The molecule has 0 aromatic heterocycles. The lowest BCUT2D eigenvalue weighted by Crippen LogP contribution is -2.56. The number of nitrogens with one attached hydrogen (secondary N) is 1. The van der Waals surface area contributed by atoms with Crippen molar-refractivity contribution in [2.75, 3.05) is 33.2 Å². The Hall–Kier alpha value is -1.88. The number of nitrogens with zero attached hydrogens (tertiary/aromatic N) is 2. The lowest BCUT2D eigenvalue weighted by Gasteiger charge is -2.35. The lowest BCUT2D eigenvalue weighted by atomic mass is 10.1. The fourth-order valence-corrected chi connectivity index (χ4v) is 3.35. The highest BCUT2D eigenvalue weighted by molar-refractivity contribution is 5.88. The summed E-state index contributed by atoms with van der Waals surface area (Å²) in [6, 6.07) is 10.0. The molecule has 0 bridgehead atoms. The summed E-state index contributed by atoms with van der Waals surface area (Å²) >= 11 is 0. The molecule has 25 heavy (non-hydrogen) atoms. The Morgan fingerprint density at radius 1 is 1.32 bits per heavy atom. The molecule has 0 unspecified atom stereocenters. The molecule has 1 atom stereocenters. The summed E-state index contributed by atoms with van der Waals surface area (Å²) in [7, 11) is 1.82. The lowest BCUT2D eigenvalue weighted by molar-refractivity contribution is -0.138. The number of piperazine rings is 1. The van der Waals surface area contributed by atoms with Crippen LogP contribution in [0.5, 0.6) is 0 Å². The predicted molar refractivity (Wildman–Crippen MR) is 100 cm³/mol. The molecule has 5 heteroatoms. The summed E-state index contributed by atoms with van der Waals surface area (Å²) < 4.78 is 0. The van der Waals surface area contributed by atoms with Crippen LogP contribution >= 0.6 is 0 Å². The van der Waals surface area contributed by atoms with Gasteiger partial charge in [0, 0.05) is 26.7 Å². The first-order chi connectivity index (χ1) is 12.0. The summed E-state index contributed by atoms with van der Waals surface area (Å²) in [6.07, 6.45) is 2.25. The molecule has 5 nitrogen and oxygen atoms in total. The van der Waals surface area contributed by atoms with E-state index in [4.69, 9.17) is 0 Å². The molecule has 1 aromatic rings. The third kappa shape index (κ3) is 6.16. The minimum atomic E-state index is -0.341. The predicted octanol–water partition coefficient (Wildman–Crippen LogP) is 1.92. The highest BCUT2D eigenvalue weighted by atomic mass is 16.2. The van der Waals surface area contributed by atoms with E-state index >= 15 is 0 Å². The molecule has 0 spiro atoms. The summed E-state index contributed by atoms with van der Waals surface area (Å²) in [5.74, 6) is 0.456. The van der Waals surface area contributed by atoms with E-state index in [1.807, 2.05) is 13.1 Å². The summed E-state index contributed by atoms with van der Waals surface area (Å²) in [4.78, 5) is 28.7. The second-order valence-electron chi connectivity index (χ2n) is 7.30. The largest absolute Gasteiger partial charge is 0.353 e. The zero-order valence-corrected chi connectivity index (χ0v) is 15.7. The number of hydrogen-bond donors (Lipinski definition) is 1. The Bertz CT molecular complexity index is 559. The monoisotopic (exact) mass is 345 g/mol. The average Bonchev–Trinajstić information content (AvgIpc) is 2.58. The molecule has 138 valence electrons. The topological polar surface area (TPSA) is 52.7 Å². The van der Waals surface area contributed by atoms with Gasteiger partial charge in [0.2, 0.25) is 11.8 Å². The van der Waals surface area contributed by atoms with Crippen molar-refractivity contribution in [1.29, 1.82) is 0 Å². The van der Waals surface area contributed by atoms with Crippen LogP contribution in [-0.2, 0) is 16.0 Å². The average molecular weight is 345 g/mol. The van der Waals surface area contributed by atoms with Gasteiger partial charge in [0.1, 0.15) is 0 Å². The number of benzene rings is 1. The fraction of sp³-hybridized carbons (Fsp3) is 0.600. The van der Waals surface area contributed by atoms with E-state index in [1.165, 1.54) is 5.56 Å². The maximum Gasteiger partial charge on any atom is 0.237 e. The van der Waals surface area contributed by atoms with Gasteiger partial charge in [0.05, 0.1) is 12.5 Å². The van der Waals surface area contributed by atoms with Crippen molar-refractivity contribution >= 4 is 11.8 Å². The normalized spacial score (nSPS) is 18.2. The smallest absolute Gasteiger partial charge is 0.237 e. The molecule has 1 aliphatic rings. The maximum atomic E-state index is 12.5. The zero-order chi connectivity index (χ0) is 18.2. The number of rotatable bonds is 8. The number of carbonyl (C=O) groups is 2. The van der Waals surface area contributed by atoms with Crippen LogP contribution < -0.4 is 5.32 Å². The molecular weight excluding hydrogens is 314 g/mol. The van der Waals surface area contributed by atoms with Gasteiger partial charge in [0.25, 0.3) is 0 Å². The van der Waals surface area contributed by atoms with Crippen molar-refractivity contribution in [2.24, 2.45) is 5.92 Å². The molecule has 1 N–H and O–H groups in total. The Morgan fingerprint density at radius 3 is 2.72 bits per heavy atom. The third-order valence-electron chi connectivity index (χ3n) is 4.63. The van der Waals surface area contributed by atoms with Gasteiger partial charge in [-0.25, -0.2) is 0 Å². The van der Waals surface area contributed by atoms with E-state index in [9.17, 15) is 9.59 Å². The van der Waals surface area contributed by atoms with Gasteiger partial charge in [0.15, 0.2) is 0 Å². The Labute approximate surface area is 151 Å². The van der Waals surface area contributed by atoms with Gasteiger partial charge in [-0.15, -0.1) is 0 Å². The number of aryl methyl sites for hydroxylation is 1. The second-order valence-corrected chi connectivity index (χ2v) is 7.30. The van der Waals surface area contributed by atoms with Crippen LogP contribution in [0.1, 0.15) is 32.3 Å². The first-order valence-corrected chi connectivity index (χ1v) is 9.27. The molecule has 1 aliphatic heterocycles. The molecule has 2 rings (SSSR count). The van der Waals surface area contributed by atoms with Crippen LogP contribution in [0.15, 0.2) is 30.3 Å². The standard InChI is InChI=1S/C20H31N3O2/c1-16(2)15-22(3)19(24)14-18-20(25)21-11-13-23(18)12-7-10-17-8-5-4-6-9-17/h4-6,8-9,16,18H,7,10-15H2,1-3H3,(H,21,25)/t18-/m1/s1. The minimum Gasteiger partial charge on any atom is -0.353 e. The van der Waals surface area contributed by atoms with E-state index in [0.717, 1.165) is 32.5 Å². The van der Waals surface area contributed by atoms with Gasteiger partial charge < -0.3 is 10.2 Å². The van der Waals surface area contributed by atoms with Crippen molar-refractivity contribution in [3.05, 3.63) is 35.9 Å². The van der Waals surface area contributed by atoms with Gasteiger partial charge in [-0.1, -0.05) is 44.2 Å². The summed E-state index contributed by atoms with van der Waals surface area (Å²) in [5, 5.41) is 2.90. The molecule has 0 radical (unpaired) electrons. The van der Waals surface area contributed by atoms with E-state index in [0.29, 0.717) is 12.5 Å². The third-order valence-corrected chi connectivity index (χ3v) is 4.63. The number of amides is 2. The first-order valence-electron chi connectivity index (χ1n) is 9.27. The van der Waals surface area contributed by atoms with Crippen LogP contribution in [0, 0.1) is 5.92 Å². The SMILES string of the molecule is CC(C)CN(C)C(=O)C[C@@H]1C(=O)NCCN1CCCc1ccccc1. The van der Waals surface area contributed by atoms with Crippen molar-refractivity contribution < 1.29 is 9.59 Å². The van der Waals surface area contributed by atoms with E-state index in [1.54, 1.807) is 4.90 Å². The van der Waals surface area contributed by atoms with Crippen LogP contribution in [0.2, 0.25) is 0 Å². The Balaban J connectivity index is 1.88. The van der Waals surface area contributed by atoms with Gasteiger partial charge in [-0.2, -0.15) is 0 Å². The zero-order valence-electron chi connectivity index (χ0n) is 15.7. The number of carbonyl (C=O) groups excluding carboxylic acids is 2. The molecule has 1 fully saturated rings. The quantitative estimate of drug-likeness (QED) is 0.783. The summed E-state index contributed by atoms with van der Waals surface area (Å²) in [6.45, 7) is 7.22. The molecule has 0 aliphatic carbocycles. The Morgan fingerprint density at radius 2 is 2.04 bits per heavy atom. The van der Waals surface area contributed by atoms with Crippen LogP contribution in [0.3, 0.4) is 0 Å². The fourth-order valence-electron chi connectivity index (χ4n) is 3.35. The molecule has 2 amide bonds. The van der Waals surface area contributed by atoms with Crippen LogP contribution in [-0.4, -0.2) is 60.9 Å².